The van der Waals surface area contributed by atoms with Crippen LogP contribution in [0.4, 0.5) is 17.1 Å². The van der Waals surface area contributed by atoms with Crippen LogP contribution in [0.1, 0.15) is 0 Å². The van der Waals surface area contributed by atoms with E-state index < -0.39 is 0 Å². The van der Waals surface area contributed by atoms with Gasteiger partial charge in [-0.3, -0.25) is 0 Å². The summed E-state index contributed by atoms with van der Waals surface area (Å²) in [6.45, 7) is 0. The highest BCUT2D eigenvalue weighted by Gasteiger charge is 2.22. The van der Waals surface area contributed by atoms with Gasteiger partial charge >= 0.3 is 0 Å². The first kappa shape index (κ1) is 39.4. The lowest BCUT2D eigenvalue weighted by Gasteiger charge is -2.30. The first-order valence-corrected chi connectivity index (χ1v) is 23.4. The molecule has 68 heavy (non-hydrogen) atoms. The van der Waals surface area contributed by atoms with Crippen molar-refractivity contribution in [1.29, 1.82) is 0 Å². The van der Waals surface area contributed by atoms with Crippen molar-refractivity contribution in [2.75, 3.05) is 4.90 Å². The number of aromatic nitrogens is 1. The Bertz CT molecular complexity index is 3940. The lowest BCUT2D eigenvalue weighted by atomic mass is 9.91. The Balaban J connectivity index is 0.965. The average Bonchev–Trinajstić information content (AvgIpc) is 3.76. The molecule has 0 fully saturated rings. The molecule has 13 rings (SSSR count). The molecule has 0 spiro atoms. The van der Waals surface area contributed by atoms with Gasteiger partial charge in [0, 0.05) is 33.3 Å². The molecule has 0 atom stereocenters. The smallest absolute Gasteiger partial charge is 0.0541 e. The molecule has 2 heteroatoms. The Morgan fingerprint density at radius 1 is 0.250 bits per heavy atom. The van der Waals surface area contributed by atoms with Crippen molar-refractivity contribution in [3.8, 4) is 50.2 Å². The Morgan fingerprint density at radius 3 is 1.34 bits per heavy atom. The van der Waals surface area contributed by atoms with Gasteiger partial charge in [-0.1, -0.05) is 212 Å². The summed E-state index contributed by atoms with van der Waals surface area (Å²) in [7, 11) is 0. The molecule has 12 aromatic carbocycles. The minimum atomic E-state index is 1.08. The van der Waals surface area contributed by atoms with E-state index in [1.165, 1.54) is 76.4 Å². The molecule has 0 aliphatic heterocycles. The normalized spacial score (nSPS) is 11.5. The molecule has 0 N–H and O–H groups in total. The second-order valence-corrected chi connectivity index (χ2v) is 17.6. The maximum Gasteiger partial charge on any atom is 0.0541 e. The monoisotopic (exact) mass is 864 g/mol. The van der Waals surface area contributed by atoms with E-state index in [1.54, 1.807) is 0 Å². The fourth-order valence-corrected chi connectivity index (χ4v) is 10.6. The maximum absolute atomic E-state index is 2.45. The van der Waals surface area contributed by atoms with E-state index >= 15 is 0 Å². The van der Waals surface area contributed by atoms with Crippen molar-refractivity contribution < 1.29 is 0 Å². The lowest BCUT2D eigenvalue weighted by molar-refractivity contribution is 1.18. The van der Waals surface area contributed by atoms with Gasteiger partial charge in [0.25, 0.3) is 0 Å². The van der Waals surface area contributed by atoms with E-state index in [0.717, 1.165) is 45.0 Å². The number of para-hydroxylation sites is 4. The van der Waals surface area contributed by atoms with Crippen LogP contribution in [0, 0.1) is 0 Å². The van der Waals surface area contributed by atoms with Crippen LogP contribution in [0.15, 0.2) is 267 Å². The van der Waals surface area contributed by atoms with E-state index in [1.807, 2.05) is 0 Å². The van der Waals surface area contributed by atoms with Gasteiger partial charge in [-0.2, -0.15) is 0 Å². The van der Waals surface area contributed by atoms with Gasteiger partial charge in [0.2, 0.25) is 0 Å². The summed E-state index contributed by atoms with van der Waals surface area (Å²) >= 11 is 0. The maximum atomic E-state index is 2.45. The molecule has 0 aliphatic rings. The first-order chi connectivity index (χ1) is 33.7. The Labute approximate surface area is 395 Å². The highest BCUT2D eigenvalue weighted by Crippen LogP contribution is 2.46. The molecule has 2 nitrogen and oxygen atoms in total. The topological polar surface area (TPSA) is 8.17 Å². The summed E-state index contributed by atoms with van der Waals surface area (Å²) in [6.07, 6.45) is 0. The van der Waals surface area contributed by atoms with Gasteiger partial charge in [0.05, 0.1) is 22.4 Å². The molecule has 318 valence electrons. The molecule has 0 saturated carbocycles. The van der Waals surface area contributed by atoms with Crippen LogP contribution in [0.25, 0.3) is 104 Å². The minimum Gasteiger partial charge on any atom is -0.309 e. The zero-order valence-electron chi connectivity index (χ0n) is 37.3. The van der Waals surface area contributed by atoms with Gasteiger partial charge in [0.1, 0.15) is 0 Å². The summed E-state index contributed by atoms with van der Waals surface area (Å²) in [5.41, 5.74) is 16.2. The summed E-state index contributed by atoms with van der Waals surface area (Å²) in [6, 6.07) is 97.5. The number of benzene rings is 12. The van der Waals surface area contributed by atoms with Crippen molar-refractivity contribution >= 4 is 71.2 Å². The van der Waals surface area contributed by atoms with E-state index in [4.69, 9.17) is 0 Å². The molecule has 0 aliphatic carbocycles. The molecule has 1 aromatic heterocycles. The standard InChI is InChI=1S/C66H44N2/c1-2-16-45(17-3-1)46-30-32-48(33-31-46)54-20-8-12-26-63(54)67(51-41-36-50(37-42-51)61-44-62-53-19-5-4-18-47(53)38-43-58(62)56-22-6-7-23-57(56)61)64-27-13-9-21-55(64)49-34-39-52(40-35-49)68-65-28-14-10-24-59(65)60-25-11-15-29-66(60)68/h1-44H. The van der Waals surface area contributed by atoms with Gasteiger partial charge in [-0.15, -0.1) is 0 Å². The Morgan fingerprint density at radius 2 is 0.691 bits per heavy atom. The summed E-state index contributed by atoms with van der Waals surface area (Å²) in [4.78, 5) is 2.45. The predicted molar refractivity (Wildman–Crippen MR) is 290 cm³/mol. The first-order valence-electron chi connectivity index (χ1n) is 23.4. The highest BCUT2D eigenvalue weighted by atomic mass is 15.1. The van der Waals surface area contributed by atoms with Crippen LogP contribution in [0.2, 0.25) is 0 Å². The van der Waals surface area contributed by atoms with Crippen molar-refractivity contribution in [3.05, 3.63) is 267 Å². The van der Waals surface area contributed by atoms with E-state index in [-0.39, 0.29) is 0 Å². The zero-order valence-corrected chi connectivity index (χ0v) is 37.3. The number of anilines is 3. The molecule has 0 amide bonds. The third-order valence-corrected chi connectivity index (χ3v) is 13.8. The average molecular weight is 865 g/mol. The quantitative estimate of drug-likeness (QED) is 0.138. The van der Waals surface area contributed by atoms with Gasteiger partial charge in [-0.05, 0) is 120 Å². The van der Waals surface area contributed by atoms with E-state index in [0.29, 0.717) is 0 Å². The van der Waals surface area contributed by atoms with Crippen LogP contribution < -0.4 is 4.90 Å². The third-order valence-electron chi connectivity index (χ3n) is 13.8. The van der Waals surface area contributed by atoms with Gasteiger partial charge in [0.15, 0.2) is 0 Å². The fraction of sp³-hybridized carbons (Fsp3) is 0. The minimum absolute atomic E-state index is 1.08. The summed E-state index contributed by atoms with van der Waals surface area (Å²) < 4.78 is 2.38. The Kier molecular flexibility index (Phi) is 9.54. The van der Waals surface area contributed by atoms with Crippen molar-refractivity contribution in [1.82, 2.24) is 4.57 Å². The lowest BCUT2D eigenvalue weighted by Crippen LogP contribution is -2.12. The van der Waals surface area contributed by atoms with E-state index in [2.05, 4.69) is 276 Å². The van der Waals surface area contributed by atoms with Crippen LogP contribution in [0.5, 0.6) is 0 Å². The summed E-state index contributed by atoms with van der Waals surface area (Å²) in [5.74, 6) is 0. The molecule has 0 unspecified atom stereocenters. The number of hydrogen-bond donors (Lipinski definition) is 0. The second-order valence-electron chi connectivity index (χ2n) is 17.6. The molecular formula is C66H44N2. The number of fused-ring (bicyclic) bond motifs is 8. The predicted octanol–water partition coefficient (Wildman–Crippen LogP) is 18.4. The molecule has 13 aromatic rings. The SMILES string of the molecule is c1ccc(-c2ccc(-c3ccccc3N(c3ccc(-c4cc5c6ccccc6ccc5c5ccccc45)cc3)c3ccccc3-c3ccc(-n4c5ccccc5c5ccccc54)cc3)cc2)cc1. The van der Waals surface area contributed by atoms with Crippen LogP contribution in [-0.4, -0.2) is 4.57 Å². The number of nitrogens with zero attached hydrogens (tertiary/aromatic N) is 2. The van der Waals surface area contributed by atoms with Crippen LogP contribution >= 0.6 is 0 Å². The van der Waals surface area contributed by atoms with Gasteiger partial charge in [-0.25, -0.2) is 0 Å². The van der Waals surface area contributed by atoms with Crippen LogP contribution in [0.3, 0.4) is 0 Å². The molecular weight excluding hydrogens is 821 g/mol. The second kappa shape index (κ2) is 16.5. The van der Waals surface area contributed by atoms with Crippen LogP contribution in [-0.2, 0) is 0 Å². The molecule has 0 radical (unpaired) electrons. The van der Waals surface area contributed by atoms with Crippen molar-refractivity contribution in [2.24, 2.45) is 0 Å². The summed E-state index contributed by atoms with van der Waals surface area (Å²) in [5, 5.41) is 10.1. The van der Waals surface area contributed by atoms with Crippen molar-refractivity contribution in [3.63, 3.8) is 0 Å². The molecule has 1 heterocycles. The number of hydrogen-bond acceptors (Lipinski definition) is 1. The fourth-order valence-electron chi connectivity index (χ4n) is 10.6. The largest absolute Gasteiger partial charge is 0.309 e. The van der Waals surface area contributed by atoms with Crippen molar-refractivity contribution in [2.45, 2.75) is 0 Å². The van der Waals surface area contributed by atoms with E-state index in [9.17, 15) is 0 Å². The Hall–Kier alpha value is -8.98. The zero-order chi connectivity index (χ0) is 45.0. The molecule has 0 saturated heterocycles. The third kappa shape index (κ3) is 6.65. The number of rotatable bonds is 8. The van der Waals surface area contributed by atoms with Gasteiger partial charge < -0.3 is 9.47 Å². The highest BCUT2D eigenvalue weighted by molar-refractivity contribution is 6.21. The molecule has 0 bridgehead atoms.